The molecule has 1 aromatic carbocycles. The van der Waals surface area contributed by atoms with Crippen molar-refractivity contribution in [3.8, 4) is 23.1 Å². The summed E-state index contributed by atoms with van der Waals surface area (Å²) in [7, 11) is 1.51. The third-order valence-electron chi connectivity index (χ3n) is 3.46. The molecule has 0 aliphatic rings. The van der Waals surface area contributed by atoms with Crippen molar-refractivity contribution in [3.05, 3.63) is 47.7 Å². The summed E-state index contributed by atoms with van der Waals surface area (Å²) in [6.07, 6.45) is 0. The van der Waals surface area contributed by atoms with Gasteiger partial charge in [-0.25, -0.2) is 9.78 Å². The number of ether oxygens (including phenoxy) is 1. The minimum absolute atomic E-state index is 0.0442. The van der Waals surface area contributed by atoms with Crippen LogP contribution in [-0.4, -0.2) is 23.2 Å². The molecular weight excluding hydrogens is 280 g/mol. The maximum absolute atomic E-state index is 11.1. The van der Waals surface area contributed by atoms with Gasteiger partial charge in [0.15, 0.2) is 0 Å². The van der Waals surface area contributed by atoms with Gasteiger partial charge in [-0.15, -0.1) is 0 Å². The van der Waals surface area contributed by atoms with Gasteiger partial charge in [-0.3, -0.25) is 0 Å². The molecule has 0 fully saturated rings. The van der Waals surface area contributed by atoms with Crippen LogP contribution in [0.25, 0.3) is 11.3 Å². The molecule has 0 atom stereocenters. The van der Waals surface area contributed by atoms with Crippen molar-refractivity contribution in [2.24, 2.45) is 0 Å². The van der Waals surface area contributed by atoms with Crippen LogP contribution in [0.3, 0.4) is 0 Å². The third kappa shape index (κ3) is 2.91. The van der Waals surface area contributed by atoms with Crippen LogP contribution in [-0.2, 0) is 5.41 Å². The number of methoxy groups -OCH3 is 1. The maximum atomic E-state index is 11.1. The lowest BCUT2D eigenvalue weighted by Crippen LogP contribution is -2.13. The van der Waals surface area contributed by atoms with Gasteiger partial charge in [-0.2, -0.15) is 5.26 Å². The van der Waals surface area contributed by atoms with Crippen LogP contribution in [0, 0.1) is 11.3 Å². The Hall–Kier alpha value is -2.87. The van der Waals surface area contributed by atoms with Crippen molar-refractivity contribution in [3.63, 3.8) is 0 Å². The molecule has 0 bridgehead atoms. The molecule has 0 aliphatic carbocycles. The number of nitrogens with zero attached hydrogens (tertiary/aromatic N) is 2. The van der Waals surface area contributed by atoms with Crippen molar-refractivity contribution >= 4 is 5.97 Å². The van der Waals surface area contributed by atoms with Crippen molar-refractivity contribution in [2.45, 2.75) is 19.3 Å². The Morgan fingerprint density at radius 2 is 1.86 bits per heavy atom. The van der Waals surface area contributed by atoms with Gasteiger partial charge < -0.3 is 9.84 Å². The summed E-state index contributed by atoms with van der Waals surface area (Å²) in [4.78, 5) is 15.2. The number of rotatable bonds is 4. The topological polar surface area (TPSA) is 83.2 Å². The van der Waals surface area contributed by atoms with Crippen LogP contribution >= 0.6 is 0 Å². The molecule has 0 aliphatic heterocycles. The highest BCUT2D eigenvalue weighted by molar-refractivity contribution is 5.86. The first kappa shape index (κ1) is 15.5. The smallest absolute Gasteiger partial charge is 0.354 e. The first-order chi connectivity index (χ1) is 10.4. The molecule has 5 nitrogen and oxygen atoms in total. The van der Waals surface area contributed by atoms with Crippen LogP contribution < -0.4 is 4.74 Å². The summed E-state index contributed by atoms with van der Waals surface area (Å²) in [6.45, 7) is 3.68. The molecule has 1 aromatic heterocycles. The number of nitriles is 1. The zero-order valence-corrected chi connectivity index (χ0v) is 12.6. The molecule has 0 spiro atoms. The van der Waals surface area contributed by atoms with E-state index >= 15 is 0 Å². The fourth-order valence-corrected chi connectivity index (χ4v) is 2.05. The van der Waals surface area contributed by atoms with Crippen molar-refractivity contribution in [1.82, 2.24) is 4.98 Å². The SMILES string of the molecule is COc1ccc(C(=O)O)nc1-c1ccc(C(C)(C)C#N)cc1. The highest BCUT2D eigenvalue weighted by atomic mass is 16.5. The second-order valence-electron chi connectivity index (χ2n) is 5.37. The van der Waals surface area contributed by atoms with Crippen LogP contribution in [0.4, 0.5) is 0 Å². The molecule has 2 rings (SSSR count). The molecule has 0 saturated heterocycles. The highest BCUT2D eigenvalue weighted by Crippen LogP contribution is 2.30. The average molecular weight is 296 g/mol. The van der Waals surface area contributed by atoms with E-state index in [0.29, 0.717) is 11.4 Å². The van der Waals surface area contributed by atoms with Crippen LogP contribution in [0.1, 0.15) is 29.9 Å². The number of hydrogen-bond donors (Lipinski definition) is 1. The number of carbonyl (C=O) groups is 1. The van der Waals surface area contributed by atoms with E-state index in [-0.39, 0.29) is 5.69 Å². The van der Waals surface area contributed by atoms with E-state index in [9.17, 15) is 4.79 Å². The second kappa shape index (κ2) is 5.86. The van der Waals surface area contributed by atoms with E-state index in [1.165, 1.54) is 13.2 Å². The Morgan fingerprint density at radius 1 is 1.23 bits per heavy atom. The summed E-state index contributed by atoms with van der Waals surface area (Å²) in [6, 6.07) is 12.5. The van der Waals surface area contributed by atoms with E-state index in [1.54, 1.807) is 6.07 Å². The standard InChI is InChI=1S/C17H16N2O3/c1-17(2,10-18)12-6-4-11(5-7-12)15-14(22-3)9-8-13(19-15)16(20)21/h4-9H,1-3H3,(H,20,21). The number of aromatic carboxylic acids is 1. The summed E-state index contributed by atoms with van der Waals surface area (Å²) in [5.41, 5.74) is 1.45. The Balaban J connectivity index is 2.50. The van der Waals surface area contributed by atoms with Crippen LogP contribution in [0.15, 0.2) is 36.4 Å². The fraction of sp³-hybridized carbons (Fsp3) is 0.235. The third-order valence-corrected chi connectivity index (χ3v) is 3.46. The number of carboxylic acid groups (broad SMARTS) is 1. The number of hydrogen-bond acceptors (Lipinski definition) is 4. The van der Waals surface area contributed by atoms with E-state index in [4.69, 9.17) is 15.1 Å². The first-order valence-electron chi connectivity index (χ1n) is 6.69. The lowest BCUT2D eigenvalue weighted by atomic mass is 9.86. The molecule has 22 heavy (non-hydrogen) atoms. The zero-order chi connectivity index (χ0) is 16.3. The van der Waals surface area contributed by atoms with Gasteiger partial charge in [0.1, 0.15) is 17.1 Å². The van der Waals surface area contributed by atoms with Gasteiger partial charge in [0.2, 0.25) is 0 Å². The van der Waals surface area contributed by atoms with Gasteiger partial charge in [0.05, 0.1) is 18.6 Å². The van der Waals surface area contributed by atoms with Gasteiger partial charge >= 0.3 is 5.97 Å². The molecule has 112 valence electrons. The second-order valence-corrected chi connectivity index (χ2v) is 5.37. The number of aromatic nitrogens is 1. The molecule has 5 heteroatoms. The molecular formula is C17H16N2O3. The van der Waals surface area contributed by atoms with Gasteiger partial charge in [-0.05, 0) is 31.5 Å². The number of benzene rings is 1. The summed E-state index contributed by atoms with van der Waals surface area (Å²) >= 11 is 0. The van der Waals surface area contributed by atoms with Crippen LogP contribution in [0.2, 0.25) is 0 Å². The molecule has 0 amide bonds. The number of pyridine rings is 1. The summed E-state index contributed by atoms with van der Waals surface area (Å²) in [5.74, 6) is -0.594. The van der Waals surface area contributed by atoms with Crippen molar-refractivity contribution in [2.75, 3.05) is 7.11 Å². The predicted octanol–water partition coefficient (Wildman–Crippen LogP) is 3.26. The normalized spacial score (nSPS) is 10.8. The van der Waals surface area contributed by atoms with Gasteiger partial charge in [0.25, 0.3) is 0 Å². The Kier molecular flexibility index (Phi) is 4.13. The predicted molar refractivity (Wildman–Crippen MR) is 81.8 cm³/mol. The van der Waals surface area contributed by atoms with Crippen molar-refractivity contribution in [1.29, 1.82) is 5.26 Å². The quantitative estimate of drug-likeness (QED) is 0.936. The van der Waals surface area contributed by atoms with Gasteiger partial charge in [-0.1, -0.05) is 24.3 Å². The Labute approximate surface area is 128 Å². The fourth-order valence-electron chi connectivity index (χ4n) is 2.05. The van der Waals surface area contributed by atoms with E-state index < -0.39 is 11.4 Å². The molecule has 0 saturated carbocycles. The molecule has 1 N–H and O–H groups in total. The summed E-state index contributed by atoms with van der Waals surface area (Å²) in [5, 5.41) is 18.2. The average Bonchev–Trinajstić information content (AvgIpc) is 2.54. The lowest BCUT2D eigenvalue weighted by molar-refractivity contribution is 0.0690. The molecule has 0 radical (unpaired) electrons. The molecule has 0 unspecified atom stereocenters. The monoisotopic (exact) mass is 296 g/mol. The van der Waals surface area contributed by atoms with E-state index in [2.05, 4.69) is 11.1 Å². The highest BCUT2D eigenvalue weighted by Gasteiger charge is 2.20. The maximum Gasteiger partial charge on any atom is 0.354 e. The first-order valence-corrected chi connectivity index (χ1v) is 6.69. The van der Waals surface area contributed by atoms with E-state index in [1.807, 2.05) is 38.1 Å². The van der Waals surface area contributed by atoms with Gasteiger partial charge in [0, 0.05) is 5.56 Å². The Morgan fingerprint density at radius 3 is 2.36 bits per heavy atom. The Bertz CT molecular complexity index is 743. The molecule has 1 heterocycles. The molecule has 2 aromatic rings. The lowest BCUT2D eigenvalue weighted by Gasteiger charge is -2.16. The van der Waals surface area contributed by atoms with E-state index in [0.717, 1.165) is 11.1 Å². The summed E-state index contributed by atoms with van der Waals surface area (Å²) < 4.78 is 5.25. The minimum Gasteiger partial charge on any atom is -0.494 e. The largest absolute Gasteiger partial charge is 0.494 e. The zero-order valence-electron chi connectivity index (χ0n) is 12.6. The number of carboxylic acids is 1. The van der Waals surface area contributed by atoms with Crippen molar-refractivity contribution < 1.29 is 14.6 Å². The van der Waals surface area contributed by atoms with Crippen LogP contribution in [0.5, 0.6) is 5.75 Å². The minimum atomic E-state index is -1.09.